The first-order valence-electron chi connectivity index (χ1n) is 6.34. The summed E-state index contributed by atoms with van der Waals surface area (Å²) in [7, 11) is 3.36. The largest absolute Gasteiger partial charge is 0.444 e. The van der Waals surface area contributed by atoms with Crippen molar-refractivity contribution >= 4 is 6.09 Å². The first-order chi connectivity index (χ1) is 8.32. The minimum absolute atomic E-state index is 0.246. The second kappa shape index (κ2) is 5.89. The monoisotopic (exact) mass is 259 g/mol. The molecule has 1 fully saturated rings. The Balaban J connectivity index is 2.50. The quantitative estimate of drug-likeness (QED) is 0.778. The number of hydrogen-bond donors (Lipinski definition) is 0. The highest BCUT2D eigenvalue weighted by Crippen LogP contribution is 2.27. The van der Waals surface area contributed by atoms with Crippen molar-refractivity contribution in [1.29, 1.82) is 0 Å². The Kier molecular flexibility index (Phi) is 4.99. The minimum atomic E-state index is -0.445. The molecule has 0 aromatic rings. The molecule has 1 amide bonds. The predicted molar refractivity (Wildman–Crippen MR) is 68.7 cm³/mol. The van der Waals surface area contributed by atoms with E-state index in [2.05, 4.69) is 0 Å². The maximum absolute atomic E-state index is 11.9. The summed E-state index contributed by atoms with van der Waals surface area (Å²) in [5.41, 5.74) is -0.702. The lowest BCUT2D eigenvalue weighted by atomic mass is 9.92. The Morgan fingerprint density at radius 1 is 1.22 bits per heavy atom. The Hall–Kier alpha value is -0.810. The summed E-state index contributed by atoms with van der Waals surface area (Å²) in [5, 5.41) is 0. The van der Waals surface area contributed by atoms with Crippen LogP contribution in [0.3, 0.4) is 0 Å². The molecule has 0 unspecified atom stereocenters. The summed E-state index contributed by atoms with van der Waals surface area (Å²) in [6, 6.07) is 0. The predicted octanol–water partition coefficient (Wildman–Crippen LogP) is 2.05. The Bertz CT molecular complexity index is 277. The molecule has 1 aliphatic heterocycles. The lowest BCUT2D eigenvalue weighted by Gasteiger charge is -2.40. The van der Waals surface area contributed by atoms with Gasteiger partial charge in [0, 0.05) is 27.3 Å². The van der Waals surface area contributed by atoms with Crippen LogP contribution in [-0.2, 0) is 14.2 Å². The molecule has 1 aliphatic rings. The van der Waals surface area contributed by atoms with E-state index in [9.17, 15) is 4.79 Å². The fourth-order valence-corrected chi connectivity index (χ4v) is 2.09. The van der Waals surface area contributed by atoms with Crippen LogP contribution in [0.1, 0.15) is 33.6 Å². The molecular weight excluding hydrogens is 234 g/mol. The molecule has 0 radical (unpaired) electrons. The molecule has 0 N–H and O–H groups in total. The van der Waals surface area contributed by atoms with Crippen LogP contribution in [0.2, 0.25) is 0 Å². The van der Waals surface area contributed by atoms with Crippen LogP contribution in [0, 0.1) is 0 Å². The molecule has 0 atom stereocenters. The van der Waals surface area contributed by atoms with E-state index in [1.807, 2.05) is 20.8 Å². The number of ether oxygens (including phenoxy) is 3. The van der Waals surface area contributed by atoms with Crippen LogP contribution < -0.4 is 0 Å². The molecule has 1 saturated heterocycles. The van der Waals surface area contributed by atoms with Crippen LogP contribution in [0.5, 0.6) is 0 Å². The standard InChI is InChI=1S/C13H25NO4/c1-12(2,3)18-11(15)14-8-6-13(17-5,7-9-14)10-16-4/h6-10H2,1-5H3. The van der Waals surface area contributed by atoms with Crippen molar-refractivity contribution in [2.24, 2.45) is 0 Å². The van der Waals surface area contributed by atoms with E-state index >= 15 is 0 Å². The highest BCUT2D eigenvalue weighted by molar-refractivity contribution is 5.68. The maximum atomic E-state index is 11.9. The van der Waals surface area contributed by atoms with E-state index in [4.69, 9.17) is 14.2 Å². The number of nitrogens with zero attached hydrogens (tertiary/aromatic N) is 1. The number of carbonyl (C=O) groups is 1. The molecular formula is C13H25NO4. The van der Waals surface area contributed by atoms with E-state index < -0.39 is 5.60 Å². The molecule has 1 rings (SSSR count). The van der Waals surface area contributed by atoms with Gasteiger partial charge in [0.25, 0.3) is 0 Å². The average molecular weight is 259 g/mol. The highest BCUT2D eigenvalue weighted by Gasteiger charge is 2.37. The number of piperidine rings is 1. The van der Waals surface area contributed by atoms with Crippen molar-refractivity contribution in [3.8, 4) is 0 Å². The van der Waals surface area contributed by atoms with E-state index in [1.54, 1.807) is 19.1 Å². The fourth-order valence-electron chi connectivity index (χ4n) is 2.09. The summed E-state index contributed by atoms with van der Waals surface area (Å²) >= 11 is 0. The van der Waals surface area contributed by atoms with Gasteiger partial charge in [0.05, 0.1) is 12.2 Å². The normalized spacial score (nSPS) is 19.7. The van der Waals surface area contributed by atoms with Crippen LogP contribution in [0.4, 0.5) is 4.79 Å². The second-order valence-electron chi connectivity index (χ2n) is 5.79. The van der Waals surface area contributed by atoms with Gasteiger partial charge in [-0.15, -0.1) is 0 Å². The van der Waals surface area contributed by atoms with Gasteiger partial charge < -0.3 is 19.1 Å². The summed E-state index contributed by atoms with van der Waals surface area (Å²) in [5.74, 6) is 0. The number of methoxy groups -OCH3 is 2. The van der Waals surface area contributed by atoms with Gasteiger partial charge in [-0.3, -0.25) is 0 Å². The zero-order valence-corrected chi connectivity index (χ0v) is 12.1. The number of likely N-dealkylation sites (tertiary alicyclic amines) is 1. The number of amides is 1. The summed E-state index contributed by atoms with van der Waals surface area (Å²) in [6.45, 7) is 7.47. The van der Waals surface area contributed by atoms with Crippen LogP contribution >= 0.6 is 0 Å². The molecule has 0 spiro atoms. The van der Waals surface area contributed by atoms with Crippen molar-refractivity contribution in [2.75, 3.05) is 33.9 Å². The third-order valence-electron chi connectivity index (χ3n) is 3.17. The van der Waals surface area contributed by atoms with Gasteiger partial charge in [-0.25, -0.2) is 4.79 Å². The third-order valence-corrected chi connectivity index (χ3v) is 3.17. The van der Waals surface area contributed by atoms with E-state index in [0.717, 1.165) is 12.8 Å². The van der Waals surface area contributed by atoms with Crippen molar-refractivity contribution in [3.63, 3.8) is 0 Å². The number of carbonyl (C=O) groups excluding carboxylic acids is 1. The van der Waals surface area contributed by atoms with E-state index in [0.29, 0.717) is 19.7 Å². The van der Waals surface area contributed by atoms with E-state index in [-0.39, 0.29) is 11.7 Å². The van der Waals surface area contributed by atoms with Crippen LogP contribution in [0.25, 0.3) is 0 Å². The lowest BCUT2D eigenvalue weighted by molar-refractivity contribution is -0.0978. The van der Waals surface area contributed by atoms with Gasteiger partial charge in [0.2, 0.25) is 0 Å². The van der Waals surface area contributed by atoms with Crippen molar-refractivity contribution in [3.05, 3.63) is 0 Å². The van der Waals surface area contributed by atoms with Gasteiger partial charge >= 0.3 is 6.09 Å². The molecule has 0 saturated carbocycles. The topological polar surface area (TPSA) is 48.0 Å². The van der Waals surface area contributed by atoms with Crippen molar-refractivity contribution < 1.29 is 19.0 Å². The zero-order chi connectivity index (χ0) is 13.8. The lowest BCUT2D eigenvalue weighted by Crippen LogP contribution is -2.50. The molecule has 5 nitrogen and oxygen atoms in total. The van der Waals surface area contributed by atoms with Crippen LogP contribution in [-0.4, -0.2) is 56.1 Å². The van der Waals surface area contributed by atoms with Crippen molar-refractivity contribution in [2.45, 2.75) is 44.8 Å². The molecule has 1 heterocycles. The van der Waals surface area contributed by atoms with Gasteiger partial charge in [0.1, 0.15) is 5.60 Å². The molecule has 0 bridgehead atoms. The molecule has 0 aliphatic carbocycles. The number of rotatable bonds is 3. The summed E-state index contributed by atoms with van der Waals surface area (Å²) in [6.07, 6.45) is 1.30. The molecule has 5 heteroatoms. The Morgan fingerprint density at radius 2 is 1.78 bits per heavy atom. The highest BCUT2D eigenvalue weighted by atomic mass is 16.6. The minimum Gasteiger partial charge on any atom is -0.444 e. The summed E-state index contributed by atoms with van der Waals surface area (Å²) < 4.78 is 16.1. The first kappa shape index (κ1) is 15.2. The zero-order valence-electron chi connectivity index (χ0n) is 12.1. The molecule has 0 aromatic carbocycles. The van der Waals surface area contributed by atoms with Gasteiger partial charge in [-0.2, -0.15) is 0 Å². The SMILES string of the molecule is COCC1(OC)CCN(C(=O)OC(C)(C)C)CC1. The molecule has 18 heavy (non-hydrogen) atoms. The van der Waals surface area contributed by atoms with Crippen molar-refractivity contribution in [1.82, 2.24) is 4.90 Å². The number of hydrogen-bond acceptors (Lipinski definition) is 4. The molecule has 0 aromatic heterocycles. The third kappa shape index (κ3) is 4.14. The molecule has 106 valence electrons. The average Bonchev–Trinajstić information content (AvgIpc) is 2.28. The van der Waals surface area contributed by atoms with Gasteiger partial charge in [-0.05, 0) is 33.6 Å². The van der Waals surface area contributed by atoms with Gasteiger partial charge in [0.15, 0.2) is 0 Å². The summed E-state index contributed by atoms with van der Waals surface area (Å²) in [4.78, 5) is 13.6. The fraction of sp³-hybridized carbons (Fsp3) is 0.923. The Labute approximate surface area is 109 Å². The van der Waals surface area contributed by atoms with Gasteiger partial charge in [-0.1, -0.05) is 0 Å². The second-order valence-corrected chi connectivity index (χ2v) is 5.79. The maximum Gasteiger partial charge on any atom is 0.410 e. The van der Waals surface area contributed by atoms with Crippen LogP contribution in [0.15, 0.2) is 0 Å². The smallest absolute Gasteiger partial charge is 0.410 e. The van der Waals surface area contributed by atoms with E-state index in [1.165, 1.54) is 0 Å². The Morgan fingerprint density at radius 3 is 2.17 bits per heavy atom. The first-order valence-corrected chi connectivity index (χ1v) is 6.34.